The predicted molar refractivity (Wildman–Crippen MR) is 77.0 cm³/mol. The molecule has 0 fully saturated rings. The van der Waals surface area contributed by atoms with Crippen LogP contribution in [0.2, 0.25) is 0 Å². The molecule has 0 spiro atoms. The first-order valence-corrected chi connectivity index (χ1v) is 6.67. The number of carbonyl (C=O) groups excluding carboxylic acids is 2. The van der Waals surface area contributed by atoms with Crippen molar-refractivity contribution in [2.24, 2.45) is 5.92 Å². The van der Waals surface area contributed by atoms with E-state index in [4.69, 9.17) is 9.47 Å². The van der Waals surface area contributed by atoms with Crippen molar-refractivity contribution < 1.29 is 21.9 Å². The van der Waals surface area contributed by atoms with Gasteiger partial charge in [-0.1, -0.05) is 13.8 Å². The molecule has 0 saturated heterocycles. The Kier molecular flexibility index (Phi) is 10.1. The first kappa shape index (κ1) is 17.9. The fraction of sp³-hybridized carbons (Fsp3) is 0.846. The molecule has 0 heterocycles. The van der Waals surface area contributed by atoms with Crippen LogP contribution in [0.4, 0.5) is 0 Å². The van der Waals surface area contributed by atoms with Gasteiger partial charge in [0.15, 0.2) is 0 Å². The summed E-state index contributed by atoms with van der Waals surface area (Å²) in [5.74, 6) is -0.145. The van der Waals surface area contributed by atoms with Crippen molar-refractivity contribution in [3.63, 3.8) is 0 Å². The number of carbonyl (C=O) groups is 2. The lowest BCUT2D eigenvalue weighted by Crippen LogP contribution is -2.33. The van der Waals surface area contributed by atoms with E-state index in [1.54, 1.807) is 0 Å². The predicted octanol–water partition coefficient (Wildman–Crippen LogP) is 0.808. The second-order valence-corrected chi connectivity index (χ2v) is 4.77. The molecular weight excluding hydrogens is 248 g/mol. The third kappa shape index (κ3) is 11.7. The van der Waals surface area contributed by atoms with E-state index in [2.05, 4.69) is 10.6 Å². The van der Waals surface area contributed by atoms with Gasteiger partial charge in [-0.25, -0.2) is 0 Å². The molecule has 0 rings (SSSR count). The van der Waals surface area contributed by atoms with Gasteiger partial charge >= 0.3 is 0 Å². The number of nitrogens with one attached hydrogen (secondary N) is 2. The average molecular weight is 278 g/mol. The molecular formula is C13H30N2O4. The van der Waals surface area contributed by atoms with E-state index in [0.717, 1.165) is 0 Å². The van der Waals surface area contributed by atoms with Crippen LogP contribution in [0.25, 0.3) is 0 Å². The zero-order valence-electron chi connectivity index (χ0n) is 12.3. The zero-order chi connectivity index (χ0) is 14.7. The van der Waals surface area contributed by atoms with Gasteiger partial charge in [0.25, 0.3) is 0 Å². The highest BCUT2D eigenvalue weighted by Gasteiger charge is 2.05. The SMILES string of the molecule is CC(C)OCC(=O)NCCOCCNC(=O)C(C)C.[HH].[HH]. The van der Waals surface area contributed by atoms with Crippen molar-refractivity contribution in [2.45, 2.75) is 33.8 Å². The number of ether oxygens (including phenoxy) is 2. The summed E-state index contributed by atoms with van der Waals surface area (Å²) in [4.78, 5) is 22.5. The number of rotatable bonds is 10. The Hall–Kier alpha value is -1.14. The van der Waals surface area contributed by atoms with E-state index in [-0.39, 0.29) is 33.3 Å². The summed E-state index contributed by atoms with van der Waals surface area (Å²) < 4.78 is 10.4. The normalized spacial score (nSPS) is 10.8. The smallest absolute Gasteiger partial charge is 0.246 e. The Morgan fingerprint density at radius 1 is 1.05 bits per heavy atom. The lowest BCUT2D eigenvalue weighted by atomic mass is 10.2. The van der Waals surface area contributed by atoms with Crippen LogP contribution < -0.4 is 10.6 Å². The van der Waals surface area contributed by atoms with E-state index in [0.29, 0.717) is 26.3 Å². The molecule has 0 aliphatic rings. The monoisotopic (exact) mass is 278 g/mol. The zero-order valence-corrected chi connectivity index (χ0v) is 12.3. The van der Waals surface area contributed by atoms with Crippen molar-refractivity contribution >= 4 is 11.8 Å². The van der Waals surface area contributed by atoms with Crippen LogP contribution >= 0.6 is 0 Å². The summed E-state index contributed by atoms with van der Waals surface area (Å²) in [5.41, 5.74) is 0. The van der Waals surface area contributed by atoms with E-state index in [9.17, 15) is 9.59 Å². The fourth-order valence-electron chi connectivity index (χ4n) is 1.11. The minimum Gasteiger partial charge on any atom is -0.378 e. The van der Waals surface area contributed by atoms with Crippen LogP contribution in [0.15, 0.2) is 0 Å². The lowest BCUT2D eigenvalue weighted by molar-refractivity contribution is -0.127. The van der Waals surface area contributed by atoms with Crippen LogP contribution in [0.5, 0.6) is 0 Å². The minimum absolute atomic E-state index is 0. The maximum absolute atomic E-state index is 11.3. The largest absolute Gasteiger partial charge is 0.378 e. The highest BCUT2D eigenvalue weighted by molar-refractivity contribution is 5.77. The molecule has 0 aromatic carbocycles. The quantitative estimate of drug-likeness (QED) is 0.580. The Morgan fingerprint density at radius 3 is 2.16 bits per heavy atom. The van der Waals surface area contributed by atoms with Crippen molar-refractivity contribution in [1.29, 1.82) is 0 Å². The van der Waals surface area contributed by atoms with Crippen molar-refractivity contribution in [1.82, 2.24) is 10.6 Å². The molecule has 0 unspecified atom stereocenters. The maximum atomic E-state index is 11.3. The highest BCUT2D eigenvalue weighted by atomic mass is 16.5. The molecule has 0 bridgehead atoms. The van der Waals surface area contributed by atoms with Crippen molar-refractivity contribution in [3.05, 3.63) is 0 Å². The second kappa shape index (κ2) is 10.8. The van der Waals surface area contributed by atoms with Gasteiger partial charge in [-0.15, -0.1) is 0 Å². The second-order valence-electron chi connectivity index (χ2n) is 4.77. The Morgan fingerprint density at radius 2 is 1.63 bits per heavy atom. The molecule has 0 aromatic heterocycles. The van der Waals surface area contributed by atoms with E-state index in [1.807, 2.05) is 27.7 Å². The summed E-state index contributed by atoms with van der Waals surface area (Å²) in [7, 11) is 0. The standard InChI is InChI=1S/C13H26N2O4.2H2/c1-10(2)13(17)15-6-8-18-7-5-14-12(16)9-19-11(3)4;;/h10-11H,5-9H2,1-4H3,(H,14,16)(H,15,17);2*1H. The molecule has 0 aromatic rings. The molecule has 2 N–H and O–H groups in total. The summed E-state index contributed by atoms with van der Waals surface area (Å²) in [6.07, 6.45) is 0.0477. The van der Waals surface area contributed by atoms with Gasteiger partial charge in [-0.2, -0.15) is 0 Å². The Labute approximate surface area is 118 Å². The molecule has 2 amide bonds. The summed E-state index contributed by atoms with van der Waals surface area (Å²) in [6.45, 7) is 9.29. The number of hydrogen-bond donors (Lipinski definition) is 2. The minimum atomic E-state index is -0.148. The topological polar surface area (TPSA) is 76.7 Å². The molecule has 6 heteroatoms. The lowest BCUT2D eigenvalue weighted by Gasteiger charge is -2.10. The van der Waals surface area contributed by atoms with Gasteiger partial charge in [-0.3, -0.25) is 9.59 Å². The fourth-order valence-corrected chi connectivity index (χ4v) is 1.11. The molecule has 6 nitrogen and oxygen atoms in total. The van der Waals surface area contributed by atoms with E-state index < -0.39 is 0 Å². The summed E-state index contributed by atoms with van der Waals surface area (Å²) in [5, 5.41) is 5.42. The molecule has 0 radical (unpaired) electrons. The van der Waals surface area contributed by atoms with Crippen LogP contribution in [0.1, 0.15) is 30.5 Å². The van der Waals surface area contributed by atoms with Gasteiger partial charge in [0.1, 0.15) is 6.61 Å². The summed E-state index contributed by atoms with van der Waals surface area (Å²) >= 11 is 0. The molecule has 0 saturated carbocycles. The Balaban J connectivity index is -0.00000162. The summed E-state index contributed by atoms with van der Waals surface area (Å²) in [6, 6.07) is 0. The van der Waals surface area contributed by atoms with Crippen molar-refractivity contribution in [3.8, 4) is 0 Å². The van der Waals surface area contributed by atoms with Crippen LogP contribution in [0, 0.1) is 5.92 Å². The van der Waals surface area contributed by atoms with Crippen LogP contribution in [0.3, 0.4) is 0 Å². The first-order chi connectivity index (χ1) is 8.93. The van der Waals surface area contributed by atoms with Gasteiger partial charge in [-0.05, 0) is 13.8 Å². The van der Waals surface area contributed by atoms with E-state index in [1.165, 1.54) is 0 Å². The van der Waals surface area contributed by atoms with Crippen molar-refractivity contribution in [2.75, 3.05) is 32.9 Å². The molecule has 19 heavy (non-hydrogen) atoms. The molecule has 0 aliphatic heterocycles. The number of hydrogen-bond acceptors (Lipinski definition) is 4. The van der Waals surface area contributed by atoms with Crippen LogP contribution in [-0.4, -0.2) is 50.8 Å². The number of amides is 2. The Bertz CT molecular complexity index is 277. The highest BCUT2D eigenvalue weighted by Crippen LogP contribution is 1.89. The molecule has 116 valence electrons. The van der Waals surface area contributed by atoms with Gasteiger partial charge in [0, 0.05) is 21.9 Å². The third-order valence-electron chi connectivity index (χ3n) is 2.19. The van der Waals surface area contributed by atoms with Crippen LogP contribution in [-0.2, 0) is 19.1 Å². The first-order valence-electron chi connectivity index (χ1n) is 6.67. The van der Waals surface area contributed by atoms with Gasteiger partial charge < -0.3 is 20.1 Å². The van der Waals surface area contributed by atoms with E-state index >= 15 is 0 Å². The molecule has 0 aliphatic carbocycles. The van der Waals surface area contributed by atoms with Gasteiger partial charge in [0.2, 0.25) is 11.8 Å². The van der Waals surface area contributed by atoms with Gasteiger partial charge in [0.05, 0.1) is 19.3 Å². The average Bonchev–Trinajstić information content (AvgIpc) is 2.34. The third-order valence-corrected chi connectivity index (χ3v) is 2.19. The maximum Gasteiger partial charge on any atom is 0.246 e. The molecule has 0 atom stereocenters.